The van der Waals surface area contributed by atoms with Crippen molar-refractivity contribution in [1.82, 2.24) is 15.1 Å². The Bertz CT molecular complexity index is 434. The van der Waals surface area contributed by atoms with Crippen LogP contribution in [0.3, 0.4) is 0 Å². The maximum absolute atomic E-state index is 12.5. The van der Waals surface area contributed by atoms with E-state index in [1.165, 1.54) is 19.3 Å². The topological polar surface area (TPSA) is 71.1 Å². The van der Waals surface area contributed by atoms with Gasteiger partial charge < -0.3 is 19.7 Å². The van der Waals surface area contributed by atoms with Crippen LogP contribution < -0.4 is 5.32 Å². The normalized spacial score (nSPS) is 27.0. The van der Waals surface area contributed by atoms with Crippen molar-refractivity contribution < 1.29 is 19.1 Å². The summed E-state index contributed by atoms with van der Waals surface area (Å²) in [5.74, 6) is 0.0945. The number of carbonyl (C=O) groups excluding carboxylic acids is 2. The van der Waals surface area contributed by atoms with Crippen molar-refractivity contribution in [2.75, 3.05) is 52.5 Å². The number of morpholine rings is 2. The molecular weight excluding hydrogens is 310 g/mol. The highest BCUT2D eigenvalue weighted by molar-refractivity contribution is 5.82. The zero-order chi connectivity index (χ0) is 16.8. The van der Waals surface area contributed by atoms with Gasteiger partial charge in [0.2, 0.25) is 5.91 Å². The van der Waals surface area contributed by atoms with Crippen molar-refractivity contribution in [3.05, 3.63) is 0 Å². The van der Waals surface area contributed by atoms with Crippen molar-refractivity contribution in [3.8, 4) is 0 Å². The minimum atomic E-state index is -0.459. The molecule has 1 aliphatic carbocycles. The number of amides is 2. The molecule has 1 atom stereocenters. The van der Waals surface area contributed by atoms with E-state index in [0.717, 1.165) is 12.8 Å². The SMILES string of the molecule is O=C(CN1CCOC(C(=O)N2CCOCC2)C1)NC1CCCCC1. The highest BCUT2D eigenvalue weighted by Gasteiger charge is 2.31. The Labute approximate surface area is 143 Å². The summed E-state index contributed by atoms with van der Waals surface area (Å²) in [6.45, 7) is 4.48. The zero-order valence-electron chi connectivity index (χ0n) is 14.4. The first-order valence-corrected chi connectivity index (χ1v) is 9.22. The molecule has 3 fully saturated rings. The fourth-order valence-corrected chi connectivity index (χ4v) is 3.71. The third-order valence-electron chi connectivity index (χ3n) is 5.09. The largest absolute Gasteiger partial charge is 0.378 e. The lowest BCUT2D eigenvalue weighted by Crippen LogP contribution is -2.55. The van der Waals surface area contributed by atoms with Gasteiger partial charge in [-0.15, -0.1) is 0 Å². The van der Waals surface area contributed by atoms with Crippen LogP contribution in [0.5, 0.6) is 0 Å². The molecule has 0 aromatic heterocycles. The number of nitrogens with zero attached hydrogens (tertiary/aromatic N) is 2. The van der Waals surface area contributed by atoms with Crippen LogP contribution in [0.25, 0.3) is 0 Å². The van der Waals surface area contributed by atoms with Gasteiger partial charge in [0.05, 0.1) is 26.4 Å². The van der Waals surface area contributed by atoms with Crippen LogP contribution in [-0.2, 0) is 19.1 Å². The van der Waals surface area contributed by atoms with E-state index in [0.29, 0.717) is 58.6 Å². The molecule has 24 heavy (non-hydrogen) atoms. The summed E-state index contributed by atoms with van der Waals surface area (Å²) in [5.41, 5.74) is 0. The minimum absolute atomic E-state index is 0.0238. The number of rotatable bonds is 4. The molecule has 3 aliphatic rings. The quantitative estimate of drug-likeness (QED) is 0.780. The maximum atomic E-state index is 12.5. The van der Waals surface area contributed by atoms with Crippen molar-refractivity contribution >= 4 is 11.8 Å². The highest BCUT2D eigenvalue weighted by Crippen LogP contribution is 2.17. The third kappa shape index (κ3) is 4.91. The second-order valence-electron chi connectivity index (χ2n) is 6.93. The van der Waals surface area contributed by atoms with Gasteiger partial charge in [0, 0.05) is 32.2 Å². The molecule has 2 heterocycles. The summed E-state index contributed by atoms with van der Waals surface area (Å²) in [6.07, 6.45) is 5.41. The smallest absolute Gasteiger partial charge is 0.253 e. The second kappa shape index (κ2) is 8.78. The highest BCUT2D eigenvalue weighted by atomic mass is 16.5. The fourth-order valence-electron chi connectivity index (χ4n) is 3.71. The second-order valence-corrected chi connectivity index (χ2v) is 6.93. The van der Waals surface area contributed by atoms with E-state index >= 15 is 0 Å². The first kappa shape index (κ1) is 17.6. The third-order valence-corrected chi connectivity index (χ3v) is 5.09. The summed E-state index contributed by atoms with van der Waals surface area (Å²) in [6, 6.07) is 0.332. The Hall–Kier alpha value is -1.18. The van der Waals surface area contributed by atoms with Gasteiger partial charge >= 0.3 is 0 Å². The van der Waals surface area contributed by atoms with E-state index in [1.807, 2.05) is 4.90 Å². The van der Waals surface area contributed by atoms with E-state index in [1.54, 1.807) is 4.90 Å². The molecule has 1 unspecified atom stereocenters. The van der Waals surface area contributed by atoms with Gasteiger partial charge in [-0.1, -0.05) is 19.3 Å². The van der Waals surface area contributed by atoms with Crippen LogP contribution in [0, 0.1) is 0 Å². The Morgan fingerprint density at radius 1 is 1.00 bits per heavy atom. The average Bonchev–Trinajstić information content (AvgIpc) is 2.63. The zero-order valence-corrected chi connectivity index (χ0v) is 14.4. The molecule has 0 radical (unpaired) electrons. The average molecular weight is 339 g/mol. The number of carbonyl (C=O) groups is 2. The van der Waals surface area contributed by atoms with Crippen LogP contribution in [0.15, 0.2) is 0 Å². The Balaban J connectivity index is 1.44. The molecular formula is C17H29N3O4. The molecule has 2 aliphatic heterocycles. The lowest BCUT2D eigenvalue weighted by Gasteiger charge is -2.36. The van der Waals surface area contributed by atoms with Crippen molar-refractivity contribution in [1.29, 1.82) is 0 Å². The van der Waals surface area contributed by atoms with Gasteiger partial charge in [0.1, 0.15) is 6.10 Å². The molecule has 1 saturated carbocycles. The molecule has 0 aromatic rings. The van der Waals surface area contributed by atoms with E-state index < -0.39 is 6.10 Å². The minimum Gasteiger partial charge on any atom is -0.378 e. The standard InChI is InChI=1S/C17H29N3O4/c21-16(18-14-4-2-1-3-5-14)13-19-6-11-24-15(12-19)17(22)20-7-9-23-10-8-20/h14-15H,1-13H2,(H,18,21). The summed E-state index contributed by atoms with van der Waals surface area (Å²) in [7, 11) is 0. The van der Waals surface area contributed by atoms with Gasteiger partial charge in [0.15, 0.2) is 0 Å². The number of ether oxygens (including phenoxy) is 2. The lowest BCUT2D eigenvalue weighted by atomic mass is 9.95. The van der Waals surface area contributed by atoms with Crippen molar-refractivity contribution in [2.24, 2.45) is 0 Å². The first-order valence-electron chi connectivity index (χ1n) is 9.22. The number of hydrogen-bond donors (Lipinski definition) is 1. The van der Waals surface area contributed by atoms with E-state index in [9.17, 15) is 9.59 Å². The van der Waals surface area contributed by atoms with Crippen LogP contribution >= 0.6 is 0 Å². The molecule has 2 amide bonds. The van der Waals surface area contributed by atoms with E-state index in [-0.39, 0.29) is 11.8 Å². The number of hydrogen-bond acceptors (Lipinski definition) is 5. The number of nitrogens with one attached hydrogen (secondary N) is 1. The van der Waals surface area contributed by atoms with Crippen molar-refractivity contribution in [3.63, 3.8) is 0 Å². The van der Waals surface area contributed by atoms with Gasteiger partial charge in [-0.3, -0.25) is 14.5 Å². The molecule has 0 aromatic carbocycles. The van der Waals surface area contributed by atoms with Gasteiger partial charge in [-0.2, -0.15) is 0 Å². The lowest BCUT2D eigenvalue weighted by molar-refractivity contribution is -0.154. The van der Waals surface area contributed by atoms with Crippen LogP contribution in [0.2, 0.25) is 0 Å². The molecule has 7 nitrogen and oxygen atoms in total. The van der Waals surface area contributed by atoms with E-state index in [2.05, 4.69) is 5.32 Å². The molecule has 1 N–H and O–H groups in total. The predicted octanol–water partition coefficient (Wildman–Crippen LogP) is -0.00510. The first-order chi connectivity index (χ1) is 11.7. The summed E-state index contributed by atoms with van der Waals surface area (Å²) in [4.78, 5) is 28.6. The van der Waals surface area contributed by atoms with Crippen LogP contribution in [0.1, 0.15) is 32.1 Å². The monoisotopic (exact) mass is 339 g/mol. The predicted molar refractivity (Wildman–Crippen MR) is 88.6 cm³/mol. The molecule has 0 spiro atoms. The van der Waals surface area contributed by atoms with Crippen LogP contribution in [-0.4, -0.2) is 86.3 Å². The fraction of sp³-hybridized carbons (Fsp3) is 0.882. The molecule has 136 valence electrons. The Kier molecular flexibility index (Phi) is 6.45. The summed E-state index contributed by atoms with van der Waals surface area (Å²) >= 11 is 0. The Morgan fingerprint density at radius 2 is 1.75 bits per heavy atom. The molecule has 7 heteroatoms. The maximum Gasteiger partial charge on any atom is 0.253 e. The van der Waals surface area contributed by atoms with Gasteiger partial charge in [0.25, 0.3) is 5.91 Å². The summed E-state index contributed by atoms with van der Waals surface area (Å²) < 4.78 is 10.9. The van der Waals surface area contributed by atoms with E-state index in [4.69, 9.17) is 9.47 Å². The van der Waals surface area contributed by atoms with Crippen molar-refractivity contribution in [2.45, 2.75) is 44.2 Å². The van der Waals surface area contributed by atoms with Crippen LogP contribution in [0.4, 0.5) is 0 Å². The molecule has 2 saturated heterocycles. The molecule has 3 rings (SSSR count). The molecule has 0 bridgehead atoms. The Morgan fingerprint density at radius 3 is 2.50 bits per heavy atom. The summed E-state index contributed by atoms with van der Waals surface area (Å²) in [5, 5.41) is 3.14. The van der Waals surface area contributed by atoms with Gasteiger partial charge in [-0.05, 0) is 12.8 Å². The van der Waals surface area contributed by atoms with Gasteiger partial charge in [-0.25, -0.2) is 0 Å².